The summed E-state index contributed by atoms with van der Waals surface area (Å²) in [4.78, 5) is 13.4. The fourth-order valence-electron chi connectivity index (χ4n) is 3.37. The van der Waals surface area contributed by atoms with Gasteiger partial charge in [0.1, 0.15) is 5.82 Å². The van der Waals surface area contributed by atoms with Crippen molar-refractivity contribution in [3.8, 4) is 11.1 Å². The van der Waals surface area contributed by atoms with Gasteiger partial charge in [-0.2, -0.15) is 0 Å². The molecule has 0 atom stereocenters. The van der Waals surface area contributed by atoms with Gasteiger partial charge in [0, 0.05) is 32.5 Å². The van der Waals surface area contributed by atoms with Crippen molar-refractivity contribution in [1.29, 1.82) is 0 Å². The quantitative estimate of drug-likeness (QED) is 0.427. The lowest BCUT2D eigenvalue weighted by Crippen LogP contribution is -2.18. The third-order valence-corrected chi connectivity index (χ3v) is 7.64. The molecule has 0 spiro atoms. The number of nitrogens with one attached hydrogen (secondary N) is 1. The third kappa shape index (κ3) is 4.16. The molecular formula is C23H22FN3O2S. The topological polar surface area (TPSA) is 84.5 Å². The Bertz CT molecular complexity index is 1160. The minimum absolute atomic E-state index is 0.313. The van der Waals surface area contributed by atoms with Crippen molar-refractivity contribution < 1.29 is 13.4 Å². The summed E-state index contributed by atoms with van der Waals surface area (Å²) in [6.45, 7) is 0. The molecule has 1 amide bonds. The van der Waals surface area contributed by atoms with Crippen LogP contribution in [0.5, 0.6) is 0 Å². The maximum atomic E-state index is 13.2. The second-order valence-corrected chi connectivity index (χ2v) is 9.77. The van der Waals surface area contributed by atoms with Crippen LogP contribution in [0.15, 0.2) is 76.0 Å². The molecule has 1 heterocycles. The molecule has 0 radical (unpaired) electrons. The Morgan fingerprint density at radius 2 is 1.70 bits per heavy atom. The number of carbonyl (C=O) groups is 1. The molecule has 7 heteroatoms. The number of anilines is 2. The number of benzene rings is 3. The van der Waals surface area contributed by atoms with Crippen molar-refractivity contribution in [2.45, 2.75) is 17.7 Å². The van der Waals surface area contributed by atoms with Crippen molar-refractivity contribution in [3.05, 3.63) is 78.1 Å². The minimum atomic E-state index is -2.74. The molecule has 0 saturated heterocycles. The van der Waals surface area contributed by atoms with Crippen LogP contribution >= 0.6 is 0 Å². The van der Waals surface area contributed by atoms with Gasteiger partial charge in [0.2, 0.25) is 0 Å². The highest BCUT2D eigenvalue weighted by molar-refractivity contribution is 8.02. The highest BCUT2D eigenvalue weighted by atomic mass is 32.3. The molecule has 3 N–H and O–H groups in total. The van der Waals surface area contributed by atoms with E-state index in [-0.39, 0.29) is 11.7 Å². The Hall–Kier alpha value is -3.32. The summed E-state index contributed by atoms with van der Waals surface area (Å²) in [5.41, 5.74) is 8.97. The molecule has 1 aliphatic rings. The van der Waals surface area contributed by atoms with Gasteiger partial charge in [0.15, 0.2) is 0 Å². The highest BCUT2D eigenvalue weighted by Gasteiger charge is 2.19. The molecule has 0 saturated carbocycles. The van der Waals surface area contributed by atoms with Crippen LogP contribution in [0.25, 0.3) is 11.1 Å². The van der Waals surface area contributed by atoms with E-state index in [9.17, 15) is 13.4 Å². The van der Waals surface area contributed by atoms with E-state index in [0.29, 0.717) is 27.6 Å². The molecular weight excluding hydrogens is 401 g/mol. The molecule has 0 fully saturated rings. The molecule has 154 valence electrons. The Morgan fingerprint density at radius 3 is 2.37 bits per heavy atom. The van der Waals surface area contributed by atoms with Gasteiger partial charge in [-0.1, -0.05) is 18.2 Å². The van der Waals surface area contributed by atoms with Crippen LogP contribution in [-0.2, 0) is 10.1 Å². The first-order chi connectivity index (χ1) is 14.4. The molecule has 5 nitrogen and oxygen atoms in total. The smallest absolute Gasteiger partial charge is 0.255 e. The van der Waals surface area contributed by atoms with Crippen LogP contribution in [0.2, 0.25) is 0 Å². The van der Waals surface area contributed by atoms with Crippen molar-refractivity contribution in [3.63, 3.8) is 0 Å². The lowest BCUT2D eigenvalue weighted by atomic mass is 10.0. The maximum Gasteiger partial charge on any atom is 0.255 e. The summed E-state index contributed by atoms with van der Waals surface area (Å²) in [5, 5.41) is 2.82. The van der Waals surface area contributed by atoms with Gasteiger partial charge < -0.3 is 11.1 Å². The van der Waals surface area contributed by atoms with Gasteiger partial charge in [-0.05, 0) is 72.5 Å². The van der Waals surface area contributed by atoms with E-state index in [2.05, 4.69) is 9.71 Å². The summed E-state index contributed by atoms with van der Waals surface area (Å²) >= 11 is 0. The SMILES string of the molecule is Nc1ccc(-c2ccc(F)cc2)cc1NC(=O)c1ccc([SH]2(=O)CCCC=N2)cc1. The Balaban J connectivity index is 1.54. The van der Waals surface area contributed by atoms with Gasteiger partial charge in [-0.15, -0.1) is 0 Å². The Morgan fingerprint density at radius 1 is 1.00 bits per heavy atom. The number of nitrogens with zero attached hydrogens (tertiary/aromatic N) is 1. The first kappa shape index (κ1) is 20.0. The number of hydrogen-bond donors (Lipinski definition) is 3. The van der Waals surface area contributed by atoms with E-state index in [0.717, 1.165) is 24.0 Å². The monoisotopic (exact) mass is 423 g/mol. The number of nitrogens with two attached hydrogens (primary N) is 1. The molecule has 3 aromatic carbocycles. The van der Waals surface area contributed by atoms with Crippen LogP contribution in [0, 0.1) is 5.82 Å². The zero-order valence-corrected chi connectivity index (χ0v) is 17.1. The maximum absolute atomic E-state index is 13.2. The summed E-state index contributed by atoms with van der Waals surface area (Å²) in [5.74, 6) is -0.0794. The summed E-state index contributed by atoms with van der Waals surface area (Å²) in [7, 11) is -2.74. The average Bonchev–Trinajstić information content (AvgIpc) is 2.76. The zero-order valence-electron chi connectivity index (χ0n) is 16.2. The predicted molar refractivity (Wildman–Crippen MR) is 121 cm³/mol. The molecule has 3 aromatic rings. The van der Waals surface area contributed by atoms with Gasteiger partial charge in [0.05, 0.1) is 11.4 Å². The number of hydrogen-bond acceptors (Lipinski definition) is 3. The third-order valence-electron chi connectivity index (χ3n) is 5.07. The van der Waals surface area contributed by atoms with Crippen molar-refractivity contribution >= 4 is 33.6 Å². The number of thiol groups is 1. The van der Waals surface area contributed by atoms with Crippen molar-refractivity contribution in [1.82, 2.24) is 0 Å². The van der Waals surface area contributed by atoms with E-state index in [1.165, 1.54) is 12.1 Å². The Kier molecular flexibility index (Phi) is 5.46. The predicted octanol–water partition coefficient (Wildman–Crippen LogP) is 4.48. The highest BCUT2D eigenvalue weighted by Crippen LogP contribution is 2.29. The fourth-order valence-corrected chi connectivity index (χ4v) is 5.48. The molecule has 1 aliphatic heterocycles. The van der Waals surface area contributed by atoms with Gasteiger partial charge in [0.25, 0.3) is 5.91 Å². The largest absolute Gasteiger partial charge is 0.397 e. The second kappa shape index (κ2) is 8.20. The normalized spacial score (nSPS) is 16.0. The summed E-state index contributed by atoms with van der Waals surface area (Å²) in [6, 6.07) is 18.1. The first-order valence-electron chi connectivity index (χ1n) is 9.65. The van der Waals surface area contributed by atoms with E-state index in [1.54, 1.807) is 54.7 Å². The van der Waals surface area contributed by atoms with Crippen LogP contribution in [0.3, 0.4) is 0 Å². The number of nitrogen functional groups attached to an aromatic ring is 1. The molecule has 30 heavy (non-hydrogen) atoms. The van der Waals surface area contributed by atoms with Crippen molar-refractivity contribution in [2.24, 2.45) is 4.40 Å². The number of carbonyl (C=O) groups excluding carboxylic acids is 1. The van der Waals surface area contributed by atoms with Gasteiger partial charge >= 0.3 is 0 Å². The fraction of sp³-hybridized carbons (Fsp3) is 0.130. The van der Waals surface area contributed by atoms with Crippen LogP contribution < -0.4 is 11.1 Å². The summed E-state index contributed by atoms with van der Waals surface area (Å²) < 4.78 is 30.3. The molecule has 0 unspecified atom stereocenters. The van der Waals surface area contributed by atoms with Gasteiger partial charge in [-0.25, -0.2) is 8.79 Å². The van der Waals surface area contributed by atoms with Crippen LogP contribution in [0.4, 0.5) is 15.8 Å². The lowest BCUT2D eigenvalue weighted by molar-refractivity contribution is 0.102. The zero-order chi connectivity index (χ0) is 21.1. The minimum Gasteiger partial charge on any atom is -0.397 e. The van der Waals surface area contributed by atoms with E-state index in [4.69, 9.17) is 5.73 Å². The average molecular weight is 424 g/mol. The van der Waals surface area contributed by atoms with Crippen LogP contribution in [0.1, 0.15) is 23.2 Å². The summed E-state index contributed by atoms with van der Waals surface area (Å²) in [6.07, 6.45) is 3.43. The van der Waals surface area contributed by atoms with Crippen LogP contribution in [-0.4, -0.2) is 22.1 Å². The van der Waals surface area contributed by atoms with E-state index < -0.39 is 10.1 Å². The molecule has 4 rings (SSSR count). The number of rotatable bonds is 4. The standard InChI is InChI=1S/C23H22FN3O2S/c24-19-8-3-16(4-9-19)18-7-12-21(25)22(15-18)27-23(28)17-5-10-20(11-6-17)30(29)14-2-1-13-26-30/h3-13,15,30H,1-2,14,25H2,(H,27,28). The van der Waals surface area contributed by atoms with Gasteiger partial charge in [-0.3, -0.25) is 9.00 Å². The second-order valence-electron chi connectivity index (χ2n) is 7.18. The molecule has 0 bridgehead atoms. The van der Waals surface area contributed by atoms with E-state index >= 15 is 0 Å². The van der Waals surface area contributed by atoms with E-state index in [1.807, 2.05) is 6.07 Å². The van der Waals surface area contributed by atoms with Crippen molar-refractivity contribution in [2.75, 3.05) is 16.8 Å². The molecule has 0 aliphatic carbocycles. The molecule has 0 aromatic heterocycles. The first-order valence-corrected chi connectivity index (χ1v) is 11.5. The lowest BCUT2D eigenvalue weighted by Gasteiger charge is -2.22. The Labute approximate surface area is 175 Å². The number of halogens is 1. The number of amides is 1.